The van der Waals surface area contributed by atoms with Gasteiger partial charge in [-0.25, -0.2) is 14.4 Å². The number of carbonyl (C=O) groups excluding carboxylic acids is 3. The Hall–Kier alpha value is -2.37. The fourth-order valence-corrected chi connectivity index (χ4v) is 1.66. The molecular formula is C15H17O6. The summed E-state index contributed by atoms with van der Waals surface area (Å²) in [5, 5.41) is 0. The molecule has 6 nitrogen and oxygen atoms in total. The Kier molecular flexibility index (Phi) is 6.39. The lowest BCUT2D eigenvalue weighted by Crippen LogP contribution is -2.19. The normalized spacial score (nSPS) is 9.86. The summed E-state index contributed by atoms with van der Waals surface area (Å²) in [6, 6.07) is 5.21. The van der Waals surface area contributed by atoms with Crippen LogP contribution in [0, 0.1) is 6.07 Å². The van der Waals surface area contributed by atoms with Gasteiger partial charge in [-0.15, -0.1) is 0 Å². The standard InChI is InChI=1S/C15H17O6/c1-4-19-13(16)10-8-7-9-11(14(17)20-5-2)12(10)15(18)21-6-3/h8-9H,4-6H2,1-3H3. The number of hydrogen-bond acceptors (Lipinski definition) is 6. The molecule has 21 heavy (non-hydrogen) atoms. The first-order valence-corrected chi connectivity index (χ1v) is 6.62. The van der Waals surface area contributed by atoms with E-state index in [4.69, 9.17) is 14.2 Å². The molecule has 0 spiro atoms. The Labute approximate surface area is 123 Å². The quantitative estimate of drug-likeness (QED) is 0.589. The molecule has 0 aliphatic heterocycles. The third-order valence-corrected chi connectivity index (χ3v) is 2.46. The first-order chi connectivity index (χ1) is 10.1. The van der Waals surface area contributed by atoms with Crippen molar-refractivity contribution in [1.82, 2.24) is 0 Å². The monoisotopic (exact) mass is 293 g/mol. The Bertz CT molecular complexity index is 499. The number of rotatable bonds is 6. The van der Waals surface area contributed by atoms with Crippen LogP contribution in [0.25, 0.3) is 0 Å². The molecule has 0 bridgehead atoms. The summed E-state index contributed by atoms with van der Waals surface area (Å²) in [7, 11) is 0. The second kappa shape index (κ2) is 8.04. The van der Waals surface area contributed by atoms with Crippen LogP contribution >= 0.6 is 0 Å². The van der Waals surface area contributed by atoms with E-state index in [1.807, 2.05) is 0 Å². The van der Waals surface area contributed by atoms with Gasteiger partial charge < -0.3 is 14.2 Å². The zero-order valence-corrected chi connectivity index (χ0v) is 12.2. The van der Waals surface area contributed by atoms with Gasteiger partial charge >= 0.3 is 17.9 Å². The SMILES string of the molecule is CCOC(=O)c1c[c]cc(C(=O)OCC)c1C(=O)OCC. The van der Waals surface area contributed by atoms with E-state index >= 15 is 0 Å². The highest BCUT2D eigenvalue weighted by Gasteiger charge is 2.26. The van der Waals surface area contributed by atoms with Crippen molar-refractivity contribution in [2.45, 2.75) is 20.8 Å². The average Bonchev–Trinajstić information content (AvgIpc) is 2.47. The summed E-state index contributed by atoms with van der Waals surface area (Å²) in [5.41, 5.74) is -0.297. The summed E-state index contributed by atoms with van der Waals surface area (Å²) >= 11 is 0. The molecule has 1 radical (unpaired) electrons. The fraction of sp³-hybridized carbons (Fsp3) is 0.400. The minimum Gasteiger partial charge on any atom is -0.462 e. The van der Waals surface area contributed by atoms with Crippen molar-refractivity contribution in [2.24, 2.45) is 0 Å². The Morgan fingerprint density at radius 1 is 0.810 bits per heavy atom. The third-order valence-electron chi connectivity index (χ3n) is 2.46. The van der Waals surface area contributed by atoms with Gasteiger partial charge in [0.1, 0.15) is 0 Å². The molecule has 0 aliphatic rings. The molecule has 0 amide bonds. The first kappa shape index (κ1) is 16.7. The van der Waals surface area contributed by atoms with Crippen LogP contribution in [0.3, 0.4) is 0 Å². The molecule has 0 aliphatic carbocycles. The van der Waals surface area contributed by atoms with E-state index in [9.17, 15) is 14.4 Å². The zero-order chi connectivity index (χ0) is 15.8. The van der Waals surface area contributed by atoms with Gasteiger partial charge in [-0.1, -0.05) is 0 Å². The predicted molar refractivity (Wildman–Crippen MR) is 73.1 cm³/mol. The highest BCUT2D eigenvalue weighted by Crippen LogP contribution is 2.18. The third kappa shape index (κ3) is 4.05. The van der Waals surface area contributed by atoms with E-state index in [1.165, 1.54) is 12.1 Å². The lowest BCUT2D eigenvalue weighted by molar-refractivity contribution is 0.0458. The highest BCUT2D eigenvalue weighted by atomic mass is 16.5. The summed E-state index contributed by atoms with van der Waals surface area (Å²) in [6.07, 6.45) is 0. The van der Waals surface area contributed by atoms with Gasteiger partial charge in [0, 0.05) is 0 Å². The minimum atomic E-state index is -0.780. The van der Waals surface area contributed by atoms with Gasteiger partial charge in [0.2, 0.25) is 0 Å². The molecule has 1 aromatic carbocycles. The molecule has 6 heteroatoms. The van der Waals surface area contributed by atoms with Crippen molar-refractivity contribution < 1.29 is 28.6 Å². The maximum absolute atomic E-state index is 12.1. The largest absolute Gasteiger partial charge is 0.462 e. The molecule has 0 unspecified atom stereocenters. The molecule has 0 fully saturated rings. The van der Waals surface area contributed by atoms with Crippen LogP contribution in [0.2, 0.25) is 0 Å². The molecule has 0 aromatic heterocycles. The average molecular weight is 293 g/mol. The van der Waals surface area contributed by atoms with E-state index < -0.39 is 17.9 Å². The molecule has 0 saturated heterocycles. The lowest BCUT2D eigenvalue weighted by Gasteiger charge is -2.12. The molecule has 113 valence electrons. The van der Waals surface area contributed by atoms with Crippen molar-refractivity contribution >= 4 is 17.9 Å². The number of esters is 3. The van der Waals surface area contributed by atoms with E-state index in [0.717, 1.165) is 0 Å². The minimum absolute atomic E-state index is 0.0687. The summed E-state index contributed by atoms with van der Waals surface area (Å²) in [6.45, 7) is 5.31. The van der Waals surface area contributed by atoms with Crippen LogP contribution in [0.15, 0.2) is 12.1 Å². The van der Waals surface area contributed by atoms with Crippen molar-refractivity contribution in [1.29, 1.82) is 0 Å². The number of hydrogen-bond donors (Lipinski definition) is 0. The van der Waals surface area contributed by atoms with Gasteiger partial charge in [-0.3, -0.25) is 0 Å². The highest BCUT2D eigenvalue weighted by molar-refractivity contribution is 6.10. The van der Waals surface area contributed by atoms with E-state index in [2.05, 4.69) is 6.07 Å². The summed E-state index contributed by atoms with van der Waals surface area (Å²) in [5.74, 6) is -2.22. The summed E-state index contributed by atoms with van der Waals surface area (Å²) in [4.78, 5) is 35.9. The molecular weight excluding hydrogens is 276 g/mol. The predicted octanol–water partition coefficient (Wildman–Crippen LogP) is 2.02. The maximum Gasteiger partial charge on any atom is 0.339 e. The Balaban J connectivity index is 3.37. The Morgan fingerprint density at radius 3 is 1.57 bits per heavy atom. The van der Waals surface area contributed by atoms with Crippen LogP contribution in [0.5, 0.6) is 0 Å². The van der Waals surface area contributed by atoms with Gasteiger partial charge in [-0.05, 0) is 39.0 Å². The Morgan fingerprint density at radius 2 is 1.19 bits per heavy atom. The molecule has 1 aromatic rings. The maximum atomic E-state index is 12.1. The van der Waals surface area contributed by atoms with Crippen molar-refractivity contribution in [3.05, 3.63) is 34.9 Å². The number of benzene rings is 1. The molecule has 1 rings (SSSR count). The van der Waals surface area contributed by atoms with E-state index in [0.29, 0.717) is 0 Å². The van der Waals surface area contributed by atoms with Gasteiger partial charge in [0.25, 0.3) is 0 Å². The lowest BCUT2D eigenvalue weighted by atomic mass is 10.0. The molecule has 0 atom stereocenters. The second-order valence-corrected chi connectivity index (χ2v) is 3.82. The van der Waals surface area contributed by atoms with Crippen LogP contribution in [-0.2, 0) is 14.2 Å². The summed E-state index contributed by atoms with van der Waals surface area (Å²) < 4.78 is 14.6. The van der Waals surface area contributed by atoms with Crippen LogP contribution < -0.4 is 0 Å². The van der Waals surface area contributed by atoms with E-state index in [1.54, 1.807) is 20.8 Å². The van der Waals surface area contributed by atoms with Crippen LogP contribution in [-0.4, -0.2) is 37.7 Å². The molecule has 0 heterocycles. The van der Waals surface area contributed by atoms with Gasteiger partial charge in [-0.2, -0.15) is 0 Å². The van der Waals surface area contributed by atoms with Crippen LogP contribution in [0.4, 0.5) is 0 Å². The first-order valence-electron chi connectivity index (χ1n) is 6.62. The zero-order valence-electron chi connectivity index (χ0n) is 12.2. The van der Waals surface area contributed by atoms with E-state index in [-0.39, 0.29) is 36.5 Å². The molecule has 0 N–H and O–H groups in total. The second-order valence-electron chi connectivity index (χ2n) is 3.82. The van der Waals surface area contributed by atoms with Crippen molar-refractivity contribution in [2.75, 3.05) is 19.8 Å². The van der Waals surface area contributed by atoms with Crippen molar-refractivity contribution in [3.63, 3.8) is 0 Å². The van der Waals surface area contributed by atoms with Gasteiger partial charge in [0.15, 0.2) is 0 Å². The smallest absolute Gasteiger partial charge is 0.339 e. The topological polar surface area (TPSA) is 78.9 Å². The van der Waals surface area contributed by atoms with Crippen LogP contribution in [0.1, 0.15) is 51.8 Å². The molecule has 0 saturated carbocycles. The van der Waals surface area contributed by atoms with Gasteiger partial charge in [0.05, 0.1) is 36.5 Å². The number of carbonyl (C=O) groups is 3. The fourth-order valence-electron chi connectivity index (χ4n) is 1.66. The number of ether oxygens (including phenoxy) is 3. The van der Waals surface area contributed by atoms with Crippen molar-refractivity contribution in [3.8, 4) is 0 Å².